The van der Waals surface area contributed by atoms with Crippen LogP contribution in [0.3, 0.4) is 0 Å². The van der Waals surface area contributed by atoms with Crippen molar-refractivity contribution in [1.29, 1.82) is 0 Å². The summed E-state index contributed by atoms with van der Waals surface area (Å²) in [5.41, 5.74) is -6.64. The lowest BCUT2D eigenvalue weighted by molar-refractivity contribution is -0.376. The van der Waals surface area contributed by atoms with Crippen LogP contribution in [0.15, 0.2) is 36.4 Å². The van der Waals surface area contributed by atoms with Gasteiger partial charge in [0.2, 0.25) is 0 Å². The molecule has 4 rings (SSSR count). The molecular formula is C37H48F6N2O5. The van der Waals surface area contributed by atoms with Gasteiger partial charge in [0.25, 0.3) is 11.5 Å². The zero-order chi connectivity index (χ0) is 36.9. The molecule has 50 heavy (non-hydrogen) atoms. The Balaban J connectivity index is 1.49. The molecule has 1 aliphatic heterocycles. The molecule has 1 saturated heterocycles. The lowest BCUT2D eigenvalue weighted by atomic mass is 9.83. The summed E-state index contributed by atoms with van der Waals surface area (Å²) in [6, 6.07) is 7.93. The molecule has 1 heterocycles. The summed E-state index contributed by atoms with van der Waals surface area (Å²) in [7, 11) is 0. The molecule has 2 aliphatic rings. The van der Waals surface area contributed by atoms with Crippen molar-refractivity contribution in [2.24, 2.45) is 5.92 Å². The number of hydrogen-bond acceptors (Lipinski definition) is 5. The van der Waals surface area contributed by atoms with E-state index in [4.69, 9.17) is 9.47 Å². The predicted octanol–water partition coefficient (Wildman–Crippen LogP) is 8.88. The lowest BCUT2D eigenvalue weighted by Crippen LogP contribution is -2.54. The number of carbonyl (C=O) groups excluding carboxylic acids is 2. The van der Waals surface area contributed by atoms with E-state index in [2.05, 4.69) is 5.32 Å². The van der Waals surface area contributed by atoms with Crippen molar-refractivity contribution in [3.63, 3.8) is 0 Å². The summed E-state index contributed by atoms with van der Waals surface area (Å²) in [5.74, 6) is 0.727. The molecule has 7 nitrogen and oxygen atoms in total. The van der Waals surface area contributed by atoms with Gasteiger partial charge >= 0.3 is 18.4 Å². The molecule has 1 aliphatic carbocycles. The SMILES string of the molecule is CCCc1cc(C(O)(C(F)(F)F)C(F)(F)F)cc(CCC2CCCCC2)c1OCCCCN1C(=O)N[C@@](C)(c2ccc(OC(C)C)cc2)C1=O. The minimum atomic E-state index is -6.00. The molecule has 0 unspecified atom stereocenters. The lowest BCUT2D eigenvalue weighted by Gasteiger charge is -2.34. The van der Waals surface area contributed by atoms with Gasteiger partial charge in [-0.05, 0) is 99.7 Å². The van der Waals surface area contributed by atoms with Crippen LogP contribution in [-0.2, 0) is 28.8 Å². The Labute approximate surface area is 289 Å². The van der Waals surface area contributed by atoms with E-state index in [0.29, 0.717) is 42.9 Å². The van der Waals surface area contributed by atoms with Crippen molar-refractivity contribution in [3.8, 4) is 11.5 Å². The summed E-state index contributed by atoms with van der Waals surface area (Å²) in [6.07, 6.45) is -5.02. The second-order valence-corrected chi connectivity index (χ2v) is 13.9. The first-order valence-electron chi connectivity index (χ1n) is 17.5. The van der Waals surface area contributed by atoms with Gasteiger partial charge in [-0.3, -0.25) is 9.69 Å². The van der Waals surface area contributed by atoms with Gasteiger partial charge in [-0.25, -0.2) is 4.79 Å². The van der Waals surface area contributed by atoms with E-state index in [1.807, 2.05) is 13.8 Å². The quantitative estimate of drug-likeness (QED) is 0.109. The Kier molecular flexibility index (Phi) is 12.4. The Bertz CT molecular complexity index is 1460. The number of hydrogen-bond donors (Lipinski definition) is 2. The third-order valence-electron chi connectivity index (χ3n) is 9.65. The van der Waals surface area contributed by atoms with Crippen LogP contribution in [0.1, 0.15) is 108 Å². The average Bonchev–Trinajstić information content (AvgIpc) is 3.26. The van der Waals surface area contributed by atoms with Crippen LogP contribution in [-0.4, -0.2) is 53.6 Å². The number of aliphatic hydroxyl groups is 1. The van der Waals surface area contributed by atoms with Crippen molar-refractivity contribution in [2.45, 2.75) is 128 Å². The van der Waals surface area contributed by atoms with E-state index >= 15 is 0 Å². The third kappa shape index (κ3) is 8.51. The van der Waals surface area contributed by atoms with Gasteiger partial charge in [0.15, 0.2) is 0 Å². The number of halogens is 6. The maximum absolute atomic E-state index is 13.9. The fourth-order valence-electron chi connectivity index (χ4n) is 6.89. The summed E-state index contributed by atoms with van der Waals surface area (Å²) in [4.78, 5) is 27.4. The second kappa shape index (κ2) is 15.8. The van der Waals surface area contributed by atoms with Crippen LogP contribution in [0.25, 0.3) is 0 Å². The fourth-order valence-corrected chi connectivity index (χ4v) is 6.89. The molecule has 0 bridgehead atoms. The van der Waals surface area contributed by atoms with E-state index in [-0.39, 0.29) is 49.0 Å². The minimum Gasteiger partial charge on any atom is -0.493 e. The van der Waals surface area contributed by atoms with Gasteiger partial charge in [0.1, 0.15) is 17.0 Å². The Morgan fingerprint density at radius 2 is 1.54 bits per heavy atom. The first-order chi connectivity index (χ1) is 23.4. The minimum absolute atomic E-state index is 0.0294. The van der Waals surface area contributed by atoms with Gasteiger partial charge in [-0.2, -0.15) is 26.3 Å². The number of imide groups is 1. The number of alkyl halides is 6. The number of rotatable bonds is 15. The van der Waals surface area contributed by atoms with Crippen LogP contribution >= 0.6 is 0 Å². The second-order valence-electron chi connectivity index (χ2n) is 13.9. The van der Waals surface area contributed by atoms with E-state index < -0.39 is 41.0 Å². The smallest absolute Gasteiger partial charge is 0.430 e. The van der Waals surface area contributed by atoms with Crippen molar-refractivity contribution < 1.29 is 50.5 Å². The number of unbranched alkanes of at least 4 members (excludes halogenated alkanes) is 1. The standard InChI is InChI=1S/C37H48F6N2O5/c1-5-11-26-22-29(35(48,36(38,39)40)37(41,42)43)23-27(15-14-25-12-7-6-8-13-25)31(26)49-21-10-9-20-45-32(46)34(4,44-33(45)47)28-16-18-30(19-17-28)50-24(2)3/h16-19,22-25,48H,5-15,20-21H2,1-4H3,(H,44,47)/t34-/m0/s1. The van der Waals surface area contributed by atoms with E-state index in [9.17, 15) is 41.0 Å². The van der Waals surface area contributed by atoms with Crippen LogP contribution in [0, 0.1) is 5.92 Å². The van der Waals surface area contributed by atoms with E-state index in [0.717, 1.165) is 49.1 Å². The number of carbonyl (C=O) groups is 2. The fraction of sp³-hybridized carbons (Fsp3) is 0.622. The van der Waals surface area contributed by atoms with Crippen molar-refractivity contribution in [2.75, 3.05) is 13.2 Å². The summed E-state index contributed by atoms with van der Waals surface area (Å²) >= 11 is 0. The Morgan fingerprint density at radius 3 is 2.10 bits per heavy atom. The molecule has 1 saturated carbocycles. The molecule has 3 amide bonds. The first kappa shape index (κ1) is 39.3. The van der Waals surface area contributed by atoms with Crippen LogP contribution < -0.4 is 14.8 Å². The van der Waals surface area contributed by atoms with Gasteiger partial charge in [-0.15, -0.1) is 0 Å². The summed E-state index contributed by atoms with van der Waals surface area (Å²) in [6.45, 7) is 7.29. The van der Waals surface area contributed by atoms with Gasteiger partial charge in [0, 0.05) is 12.1 Å². The number of ether oxygens (including phenoxy) is 2. The number of urea groups is 1. The third-order valence-corrected chi connectivity index (χ3v) is 9.65. The highest BCUT2D eigenvalue weighted by Crippen LogP contribution is 2.51. The number of aryl methyl sites for hydroxylation is 2. The highest BCUT2D eigenvalue weighted by molar-refractivity contribution is 6.07. The van der Waals surface area contributed by atoms with Crippen LogP contribution in [0.2, 0.25) is 0 Å². The average molecular weight is 715 g/mol. The molecule has 0 aromatic heterocycles. The molecule has 2 fully saturated rings. The van der Waals surface area contributed by atoms with Crippen LogP contribution in [0.4, 0.5) is 31.1 Å². The Morgan fingerprint density at radius 1 is 0.940 bits per heavy atom. The number of benzene rings is 2. The molecular weight excluding hydrogens is 666 g/mol. The van der Waals surface area contributed by atoms with E-state index in [1.165, 1.54) is 0 Å². The molecule has 278 valence electrons. The highest BCUT2D eigenvalue weighted by Gasteiger charge is 2.71. The van der Waals surface area contributed by atoms with Gasteiger partial charge in [0.05, 0.1) is 12.7 Å². The van der Waals surface area contributed by atoms with Crippen molar-refractivity contribution in [1.82, 2.24) is 10.2 Å². The maximum Gasteiger partial charge on any atom is 0.430 e. The van der Waals surface area contributed by atoms with Crippen LogP contribution in [0.5, 0.6) is 11.5 Å². The zero-order valence-electron chi connectivity index (χ0n) is 29.1. The molecule has 2 N–H and O–H groups in total. The molecule has 0 radical (unpaired) electrons. The van der Waals surface area contributed by atoms with Gasteiger partial charge < -0.3 is 19.9 Å². The summed E-state index contributed by atoms with van der Waals surface area (Å²) in [5, 5.41) is 13.0. The number of nitrogens with one attached hydrogen (secondary N) is 1. The zero-order valence-corrected chi connectivity index (χ0v) is 29.1. The van der Waals surface area contributed by atoms with E-state index in [1.54, 1.807) is 38.1 Å². The topological polar surface area (TPSA) is 88.1 Å². The van der Waals surface area contributed by atoms with Gasteiger partial charge in [-0.1, -0.05) is 57.6 Å². The summed E-state index contributed by atoms with van der Waals surface area (Å²) < 4.78 is 95.3. The largest absolute Gasteiger partial charge is 0.493 e. The normalized spacial score (nSPS) is 19.3. The highest BCUT2D eigenvalue weighted by atomic mass is 19.4. The number of amides is 3. The van der Waals surface area contributed by atoms with Crippen molar-refractivity contribution >= 4 is 11.9 Å². The molecule has 2 aromatic rings. The monoisotopic (exact) mass is 714 g/mol. The first-order valence-corrected chi connectivity index (χ1v) is 17.5. The van der Waals surface area contributed by atoms with Crippen molar-refractivity contribution in [3.05, 3.63) is 58.7 Å². The Hall–Kier alpha value is -3.48. The molecule has 2 aromatic carbocycles. The molecule has 13 heteroatoms. The number of nitrogens with zero attached hydrogens (tertiary/aromatic N) is 1. The predicted molar refractivity (Wildman–Crippen MR) is 176 cm³/mol. The molecule has 0 spiro atoms. The molecule has 1 atom stereocenters. The maximum atomic E-state index is 13.9.